The smallest absolute Gasteiger partial charge is 0.303 e. The van der Waals surface area contributed by atoms with Gasteiger partial charge in [0.05, 0.1) is 13.2 Å². The Bertz CT molecular complexity index is 491. The van der Waals surface area contributed by atoms with Crippen molar-refractivity contribution in [2.75, 3.05) is 26.4 Å². The number of ether oxygens (including phenoxy) is 6. The first kappa shape index (κ1) is 22.0. The second kappa shape index (κ2) is 11.6. The van der Waals surface area contributed by atoms with Gasteiger partial charge in [-0.25, -0.2) is 0 Å². The van der Waals surface area contributed by atoms with Crippen LogP contribution in [0.2, 0.25) is 0 Å². The number of esters is 3. The van der Waals surface area contributed by atoms with E-state index in [-0.39, 0.29) is 32.8 Å². The zero-order valence-corrected chi connectivity index (χ0v) is 15.0. The molecule has 0 saturated carbocycles. The fourth-order valence-electron chi connectivity index (χ4n) is 2.37. The zero-order chi connectivity index (χ0) is 19.5. The molecule has 10 heteroatoms. The van der Waals surface area contributed by atoms with Gasteiger partial charge >= 0.3 is 17.9 Å². The fraction of sp³-hybridized carbons (Fsp3) is 0.750. The van der Waals surface area contributed by atoms with Crippen LogP contribution in [-0.4, -0.2) is 75.2 Å². The minimum absolute atomic E-state index is 0.0471. The monoisotopic (exact) mass is 376 g/mol. The number of carbonyl (C=O) groups is 4. The average Bonchev–Trinajstić information content (AvgIpc) is 2.54. The molecule has 4 unspecified atom stereocenters. The molecule has 0 aromatic carbocycles. The zero-order valence-electron chi connectivity index (χ0n) is 15.0. The number of rotatable bonds is 10. The Morgan fingerprint density at radius 2 is 1.73 bits per heavy atom. The van der Waals surface area contributed by atoms with E-state index in [2.05, 4.69) is 0 Å². The van der Waals surface area contributed by atoms with Crippen LogP contribution in [0.15, 0.2) is 0 Å². The third kappa shape index (κ3) is 8.37. The predicted octanol–water partition coefficient (Wildman–Crippen LogP) is -0.240. The van der Waals surface area contributed by atoms with Crippen LogP contribution in [0.25, 0.3) is 0 Å². The van der Waals surface area contributed by atoms with Crippen LogP contribution in [0, 0.1) is 0 Å². The number of aldehydes is 1. The van der Waals surface area contributed by atoms with Gasteiger partial charge in [-0.3, -0.25) is 14.4 Å². The molecular weight excluding hydrogens is 352 g/mol. The average molecular weight is 376 g/mol. The van der Waals surface area contributed by atoms with Crippen LogP contribution in [0.5, 0.6) is 0 Å². The number of hydrogen-bond acceptors (Lipinski definition) is 10. The fourth-order valence-corrected chi connectivity index (χ4v) is 2.37. The molecule has 0 amide bonds. The Morgan fingerprint density at radius 1 is 1.04 bits per heavy atom. The highest BCUT2D eigenvalue weighted by atomic mass is 16.7. The lowest BCUT2D eigenvalue weighted by Gasteiger charge is -2.39. The maximum absolute atomic E-state index is 11.4. The molecular formula is C16H24O10. The third-order valence-electron chi connectivity index (χ3n) is 3.27. The van der Waals surface area contributed by atoms with Crippen LogP contribution >= 0.6 is 0 Å². The van der Waals surface area contributed by atoms with Gasteiger partial charge in [-0.2, -0.15) is 0 Å². The largest absolute Gasteiger partial charge is 0.463 e. The van der Waals surface area contributed by atoms with Crippen LogP contribution in [0.1, 0.15) is 27.2 Å². The molecule has 0 spiro atoms. The Morgan fingerprint density at radius 3 is 2.31 bits per heavy atom. The highest BCUT2D eigenvalue weighted by molar-refractivity contribution is 5.67. The minimum Gasteiger partial charge on any atom is -0.463 e. The van der Waals surface area contributed by atoms with Gasteiger partial charge in [0.1, 0.15) is 31.7 Å². The summed E-state index contributed by atoms with van der Waals surface area (Å²) in [5.74, 6) is -1.69. The molecule has 0 N–H and O–H groups in total. The molecule has 1 rings (SSSR count). The van der Waals surface area contributed by atoms with Gasteiger partial charge in [-0.15, -0.1) is 0 Å². The summed E-state index contributed by atoms with van der Waals surface area (Å²) in [5, 5.41) is 0. The Balaban J connectivity index is 2.77. The normalized spacial score (nSPS) is 25.2. The molecule has 10 nitrogen and oxygen atoms in total. The molecule has 1 aliphatic rings. The molecule has 0 radical (unpaired) electrons. The highest BCUT2D eigenvalue weighted by Gasteiger charge is 2.44. The van der Waals surface area contributed by atoms with Crippen LogP contribution in [-0.2, 0) is 47.6 Å². The van der Waals surface area contributed by atoms with Crippen molar-refractivity contribution in [2.45, 2.75) is 51.8 Å². The van der Waals surface area contributed by atoms with Gasteiger partial charge < -0.3 is 33.2 Å². The van der Waals surface area contributed by atoms with E-state index in [0.29, 0.717) is 6.29 Å². The molecule has 0 aromatic rings. The Hall–Kier alpha value is -2.04. The van der Waals surface area contributed by atoms with Crippen molar-refractivity contribution in [1.29, 1.82) is 0 Å². The highest BCUT2D eigenvalue weighted by Crippen LogP contribution is 2.27. The van der Waals surface area contributed by atoms with Gasteiger partial charge in [-0.1, -0.05) is 0 Å². The van der Waals surface area contributed by atoms with Gasteiger partial charge in [0.15, 0.2) is 12.4 Å². The lowest BCUT2D eigenvalue weighted by atomic mass is 10.0. The molecule has 0 aromatic heterocycles. The Kier molecular flexibility index (Phi) is 9.78. The predicted molar refractivity (Wildman–Crippen MR) is 83.9 cm³/mol. The summed E-state index contributed by atoms with van der Waals surface area (Å²) < 4.78 is 31.5. The number of carbonyl (C=O) groups excluding carboxylic acids is 4. The van der Waals surface area contributed by atoms with Crippen LogP contribution in [0.3, 0.4) is 0 Å². The molecule has 148 valence electrons. The second-order valence-electron chi connectivity index (χ2n) is 5.48. The van der Waals surface area contributed by atoms with Crippen molar-refractivity contribution in [2.24, 2.45) is 0 Å². The maximum atomic E-state index is 11.4. The first-order chi connectivity index (χ1) is 12.3. The second-order valence-corrected chi connectivity index (χ2v) is 5.48. The topological polar surface area (TPSA) is 124 Å². The van der Waals surface area contributed by atoms with Crippen molar-refractivity contribution < 1.29 is 47.6 Å². The van der Waals surface area contributed by atoms with Gasteiger partial charge in [-0.05, 0) is 0 Å². The molecule has 1 saturated heterocycles. The summed E-state index contributed by atoms with van der Waals surface area (Å²) in [6.07, 6.45) is -2.71. The van der Waals surface area contributed by atoms with E-state index in [0.717, 1.165) is 0 Å². The summed E-state index contributed by atoms with van der Waals surface area (Å²) in [5.41, 5.74) is 0. The first-order valence-electron chi connectivity index (χ1n) is 8.09. The first-order valence-corrected chi connectivity index (χ1v) is 8.09. The van der Waals surface area contributed by atoms with Gasteiger partial charge in [0, 0.05) is 27.2 Å². The summed E-state index contributed by atoms with van der Waals surface area (Å²) in [6.45, 7) is 3.71. The summed E-state index contributed by atoms with van der Waals surface area (Å²) in [4.78, 5) is 44.0. The lowest BCUT2D eigenvalue weighted by molar-refractivity contribution is -0.267. The maximum Gasteiger partial charge on any atom is 0.303 e. The van der Waals surface area contributed by atoms with E-state index in [4.69, 9.17) is 28.4 Å². The van der Waals surface area contributed by atoms with E-state index in [1.807, 2.05) is 0 Å². The van der Waals surface area contributed by atoms with Crippen molar-refractivity contribution in [1.82, 2.24) is 0 Å². The van der Waals surface area contributed by atoms with E-state index in [9.17, 15) is 19.2 Å². The van der Waals surface area contributed by atoms with E-state index < -0.39 is 42.5 Å². The third-order valence-corrected chi connectivity index (χ3v) is 3.27. The van der Waals surface area contributed by atoms with Crippen LogP contribution in [0.4, 0.5) is 0 Å². The molecule has 26 heavy (non-hydrogen) atoms. The van der Waals surface area contributed by atoms with Crippen molar-refractivity contribution in [3.05, 3.63) is 0 Å². The van der Waals surface area contributed by atoms with Crippen LogP contribution < -0.4 is 0 Å². The summed E-state index contributed by atoms with van der Waals surface area (Å²) >= 11 is 0. The molecule has 1 aliphatic heterocycles. The van der Waals surface area contributed by atoms with E-state index >= 15 is 0 Å². The SMILES string of the molecule is CC(=O)OCC1OC(OCCOCC=O)CC(OC(C)=O)C1OC(C)=O. The molecule has 1 fully saturated rings. The Labute approximate surface area is 151 Å². The number of hydrogen-bond donors (Lipinski definition) is 0. The van der Waals surface area contributed by atoms with E-state index in [1.165, 1.54) is 20.8 Å². The standard InChI is InChI=1S/C16H24O10/c1-10(18)23-9-14-16(25-12(3)20)13(24-11(2)19)8-15(26-14)22-7-6-21-5-4-17/h4,13-16H,5-9H2,1-3H3. The lowest BCUT2D eigenvalue weighted by Crippen LogP contribution is -2.54. The summed E-state index contributed by atoms with van der Waals surface area (Å²) in [7, 11) is 0. The molecule has 1 heterocycles. The van der Waals surface area contributed by atoms with Crippen molar-refractivity contribution in [3.8, 4) is 0 Å². The molecule has 0 bridgehead atoms. The van der Waals surface area contributed by atoms with Gasteiger partial charge in [0.25, 0.3) is 0 Å². The van der Waals surface area contributed by atoms with Crippen molar-refractivity contribution >= 4 is 24.2 Å². The van der Waals surface area contributed by atoms with Gasteiger partial charge in [0.2, 0.25) is 0 Å². The van der Waals surface area contributed by atoms with E-state index in [1.54, 1.807) is 0 Å². The van der Waals surface area contributed by atoms with Crippen molar-refractivity contribution in [3.63, 3.8) is 0 Å². The quantitative estimate of drug-likeness (QED) is 0.218. The molecule has 4 atom stereocenters. The minimum atomic E-state index is -0.943. The summed E-state index contributed by atoms with van der Waals surface area (Å²) in [6, 6.07) is 0. The molecule has 0 aliphatic carbocycles.